The van der Waals surface area contributed by atoms with Gasteiger partial charge in [0.15, 0.2) is 0 Å². The number of amides is 1. The van der Waals surface area contributed by atoms with Crippen molar-refractivity contribution in [2.24, 2.45) is 0 Å². The van der Waals surface area contributed by atoms with Gasteiger partial charge in [-0.2, -0.15) is 0 Å². The molecule has 0 bridgehead atoms. The van der Waals surface area contributed by atoms with E-state index in [4.69, 9.17) is 0 Å². The van der Waals surface area contributed by atoms with E-state index in [-0.39, 0.29) is 11.9 Å². The van der Waals surface area contributed by atoms with Gasteiger partial charge in [0.2, 0.25) is 5.91 Å². The van der Waals surface area contributed by atoms with E-state index in [0.717, 1.165) is 22.2 Å². The Morgan fingerprint density at radius 3 is 2.86 bits per heavy atom. The second kappa shape index (κ2) is 6.02. The number of nitrogens with zero attached hydrogens (tertiary/aromatic N) is 2. The van der Waals surface area contributed by atoms with Gasteiger partial charge < -0.3 is 9.88 Å². The summed E-state index contributed by atoms with van der Waals surface area (Å²) in [4.78, 5) is 16.4. The molecule has 0 saturated heterocycles. The number of fused-ring (bicyclic) bond motifs is 1. The number of para-hydroxylation sites is 1. The predicted octanol–water partition coefficient (Wildman–Crippen LogP) is 3.22. The highest BCUT2D eigenvalue weighted by Gasteiger charge is 2.12. The van der Waals surface area contributed by atoms with Crippen LogP contribution in [-0.2, 0) is 11.3 Å². The van der Waals surface area contributed by atoms with Crippen LogP contribution in [0.1, 0.15) is 24.2 Å². The van der Waals surface area contributed by atoms with Crippen molar-refractivity contribution in [3.8, 4) is 0 Å². The summed E-state index contributed by atoms with van der Waals surface area (Å²) in [6.07, 6.45) is 3.51. The molecule has 1 atom stereocenters. The second-order valence-corrected chi connectivity index (χ2v) is 5.51. The van der Waals surface area contributed by atoms with Crippen molar-refractivity contribution in [3.63, 3.8) is 0 Å². The van der Waals surface area contributed by atoms with Crippen LogP contribution in [0.3, 0.4) is 0 Å². The molecule has 22 heavy (non-hydrogen) atoms. The third-order valence-electron chi connectivity index (χ3n) is 3.88. The first-order valence-corrected chi connectivity index (χ1v) is 7.39. The van der Waals surface area contributed by atoms with E-state index in [9.17, 15) is 4.79 Å². The maximum absolute atomic E-state index is 12.3. The fourth-order valence-corrected chi connectivity index (χ4v) is 2.70. The summed E-state index contributed by atoms with van der Waals surface area (Å²) in [6.45, 7) is 4.32. The monoisotopic (exact) mass is 293 g/mol. The summed E-state index contributed by atoms with van der Waals surface area (Å²) in [6, 6.07) is 14.0. The van der Waals surface area contributed by atoms with Crippen molar-refractivity contribution in [3.05, 3.63) is 66.1 Å². The molecule has 0 spiro atoms. The number of carbonyl (C=O) groups excluding carboxylic acids is 1. The number of aromatic nitrogens is 2. The minimum Gasteiger partial charge on any atom is -0.348 e. The molecule has 0 radical (unpaired) electrons. The number of carbonyl (C=O) groups is 1. The maximum Gasteiger partial charge on any atom is 0.240 e. The average molecular weight is 293 g/mol. The summed E-state index contributed by atoms with van der Waals surface area (Å²) in [7, 11) is 0. The Morgan fingerprint density at radius 2 is 2.09 bits per heavy atom. The third kappa shape index (κ3) is 2.86. The van der Waals surface area contributed by atoms with Gasteiger partial charge in [0, 0.05) is 23.6 Å². The highest BCUT2D eigenvalue weighted by atomic mass is 16.2. The molecule has 0 aliphatic carbocycles. The number of hydrogen-bond acceptors (Lipinski definition) is 2. The van der Waals surface area contributed by atoms with E-state index >= 15 is 0 Å². The number of nitrogens with one attached hydrogen (secondary N) is 1. The maximum atomic E-state index is 12.3. The summed E-state index contributed by atoms with van der Waals surface area (Å²) >= 11 is 0. The number of rotatable bonds is 4. The van der Waals surface area contributed by atoms with E-state index in [1.54, 1.807) is 12.4 Å². The molecule has 0 saturated carbocycles. The molecule has 0 fully saturated rings. The zero-order chi connectivity index (χ0) is 15.5. The van der Waals surface area contributed by atoms with Gasteiger partial charge in [-0.1, -0.05) is 24.3 Å². The SMILES string of the molecule is Cc1cc2ccccc2n1CC(=O)NC(C)c1cccnc1. The van der Waals surface area contributed by atoms with E-state index in [0.29, 0.717) is 6.54 Å². The summed E-state index contributed by atoms with van der Waals surface area (Å²) < 4.78 is 2.04. The highest BCUT2D eigenvalue weighted by molar-refractivity contribution is 5.84. The number of hydrogen-bond donors (Lipinski definition) is 1. The first-order valence-electron chi connectivity index (χ1n) is 7.39. The molecule has 2 aromatic heterocycles. The fourth-order valence-electron chi connectivity index (χ4n) is 2.70. The van der Waals surface area contributed by atoms with Gasteiger partial charge in [-0.05, 0) is 43.0 Å². The Balaban J connectivity index is 1.75. The first-order chi connectivity index (χ1) is 10.6. The second-order valence-electron chi connectivity index (χ2n) is 5.51. The lowest BCUT2D eigenvalue weighted by Crippen LogP contribution is -2.30. The molecule has 1 N–H and O–H groups in total. The molecule has 1 aromatic carbocycles. The Kier molecular flexibility index (Phi) is 3.92. The van der Waals surface area contributed by atoms with Crippen LogP contribution in [-0.4, -0.2) is 15.5 Å². The molecule has 3 rings (SSSR count). The Labute approximate surface area is 129 Å². The third-order valence-corrected chi connectivity index (χ3v) is 3.88. The van der Waals surface area contributed by atoms with Crippen molar-refractivity contribution >= 4 is 16.8 Å². The van der Waals surface area contributed by atoms with Crippen LogP contribution in [0.15, 0.2) is 54.9 Å². The highest BCUT2D eigenvalue weighted by Crippen LogP contribution is 2.19. The normalized spacial score (nSPS) is 12.3. The van der Waals surface area contributed by atoms with Gasteiger partial charge in [0.1, 0.15) is 6.54 Å². The van der Waals surface area contributed by atoms with Gasteiger partial charge in [-0.3, -0.25) is 9.78 Å². The van der Waals surface area contributed by atoms with Crippen molar-refractivity contribution in [2.75, 3.05) is 0 Å². The zero-order valence-electron chi connectivity index (χ0n) is 12.8. The van der Waals surface area contributed by atoms with E-state index in [1.807, 2.05) is 48.7 Å². The van der Waals surface area contributed by atoms with Crippen molar-refractivity contribution < 1.29 is 4.79 Å². The number of pyridine rings is 1. The molecule has 2 heterocycles. The van der Waals surface area contributed by atoms with Gasteiger partial charge in [-0.15, -0.1) is 0 Å². The lowest BCUT2D eigenvalue weighted by Gasteiger charge is -2.15. The van der Waals surface area contributed by atoms with Gasteiger partial charge in [0.25, 0.3) is 0 Å². The van der Waals surface area contributed by atoms with E-state index in [2.05, 4.69) is 22.4 Å². The van der Waals surface area contributed by atoms with Crippen LogP contribution < -0.4 is 5.32 Å². The van der Waals surface area contributed by atoms with Crippen molar-refractivity contribution in [1.29, 1.82) is 0 Å². The molecule has 0 aliphatic heterocycles. The van der Waals surface area contributed by atoms with Gasteiger partial charge in [0.05, 0.1) is 6.04 Å². The smallest absolute Gasteiger partial charge is 0.240 e. The molecule has 4 nitrogen and oxygen atoms in total. The Morgan fingerprint density at radius 1 is 1.27 bits per heavy atom. The molecule has 0 aliphatic rings. The van der Waals surface area contributed by atoms with E-state index in [1.165, 1.54) is 0 Å². The van der Waals surface area contributed by atoms with Crippen LogP contribution in [0.5, 0.6) is 0 Å². The fraction of sp³-hybridized carbons (Fsp3) is 0.222. The molecule has 3 aromatic rings. The van der Waals surface area contributed by atoms with Crippen LogP contribution in [0, 0.1) is 6.92 Å². The quantitative estimate of drug-likeness (QED) is 0.803. The number of benzene rings is 1. The molecular weight excluding hydrogens is 274 g/mol. The minimum absolute atomic E-state index is 0.000746. The van der Waals surface area contributed by atoms with Crippen LogP contribution in [0.2, 0.25) is 0 Å². The Bertz CT molecular complexity index is 792. The standard InChI is InChI=1S/C18H19N3O/c1-13-10-15-6-3-4-8-17(15)21(13)12-18(22)20-14(2)16-7-5-9-19-11-16/h3-11,14H,12H2,1-2H3,(H,20,22). The molecule has 1 unspecified atom stereocenters. The van der Waals surface area contributed by atoms with E-state index < -0.39 is 0 Å². The van der Waals surface area contributed by atoms with Crippen molar-refractivity contribution in [1.82, 2.24) is 14.9 Å². The molecule has 4 heteroatoms. The topological polar surface area (TPSA) is 46.9 Å². The largest absolute Gasteiger partial charge is 0.348 e. The van der Waals surface area contributed by atoms with Gasteiger partial charge in [-0.25, -0.2) is 0 Å². The summed E-state index contributed by atoms with van der Waals surface area (Å²) in [5.74, 6) is 0.000746. The average Bonchev–Trinajstić information content (AvgIpc) is 2.84. The lowest BCUT2D eigenvalue weighted by atomic mass is 10.1. The minimum atomic E-state index is -0.0525. The predicted molar refractivity (Wildman–Crippen MR) is 87.5 cm³/mol. The van der Waals surface area contributed by atoms with Gasteiger partial charge >= 0.3 is 0 Å². The first kappa shape index (κ1) is 14.3. The summed E-state index contributed by atoms with van der Waals surface area (Å²) in [5, 5.41) is 4.19. The molecule has 1 amide bonds. The summed E-state index contributed by atoms with van der Waals surface area (Å²) in [5.41, 5.74) is 3.18. The lowest BCUT2D eigenvalue weighted by molar-refractivity contribution is -0.122. The van der Waals surface area contributed by atoms with Crippen LogP contribution in [0.25, 0.3) is 10.9 Å². The van der Waals surface area contributed by atoms with Crippen LogP contribution >= 0.6 is 0 Å². The van der Waals surface area contributed by atoms with Crippen LogP contribution in [0.4, 0.5) is 0 Å². The number of aryl methyl sites for hydroxylation is 1. The van der Waals surface area contributed by atoms with Crippen molar-refractivity contribution in [2.45, 2.75) is 26.4 Å². The molecular formula is C18H19N3O. The Hall–Kier alpha value is -2.62. The zero-order valence-corrected chi connectivity index (χ0v) is 12.8. The molecule has 112 valence electrons.